The van der Waals surface area contributed by atoms with Gasteiger partial charge in [0.25, 0.3) is 5.91 Å². The van der Waals surface area contributed by atoms with E-state index in [0.29, 0.717) is 62.9 Å². The number of hydrogen-bond acceptors (Lipinski definition) is 10. The molecule has 0 bridgehead atoms. The number of alkyl halides is 3. The number of nitrogens with zero attached hydrogens (tertiary/aromatic N) is 10. The van der Waals surface area contributed by atoms with E-state index >= 15 is 0 Å². The Morgan fingerprint density at radius 1 is 0.892 bits per heavy atom. The van der Waals surface area contributed by atoms with Crippen molar-refractivity contribution in [3.8, 4) is 5.69 Å². The highest BCUT2D eigenvalue weighted by atomic mass is 19.4. The zero-order valence-electron chi connectivity index (χ0n) is 37.6. The zero-order valence-corrected chi connectivity index (χ0v) is 37.6. The summed E-state index contributed by atoms with van der Waals surface area (Å²) < 4.78 is 52.3. The molecule has 17 heteroatoms. The molecule has 3 saturated heterocycles. The summed E-state index contributed by atoms with van der Waals surface area (Å²) in [7, 11) is 1.86. The van der Waals surface area contributed by atoms with Crippen LogP contribution in [0.4, 0.5) is 18.9 Å². The molecule has 2 aromatic heterocycles. The summed E-state index contributed by atoms with van der Waals surface area (Å²) in [4.78, 5) is 38.0. The molecule has 1 amide bonds. The summed E-state index contributed by atoms with van der Waals surface area (Å²) in [5, 5.41) is 8.90. The number of pyridine rings is 1. The molecule has 1 N–H and O–H groups in total. The normalized spacial score (nSPS) is 18.8. The monoisotopic (exact) mass is 897 g/mol. The van der Waals surface area contributed by atoms with Gasteiger partial charge in [-0.3, -0.25) is 23.6 Å². The number of carbonyl (C=O) groups excluding carboxylic acids is 1. The summed E-state index contributed by atoms with van der Waals surface area (Å²) in [5.74, 6) is 0.702. The van der Waals surface area contributed by atoms with Crippen LogP contribution in [0.1, 0.15) is 65.2 Å². The lowest BCUT2D eigenvalue weighted by Crippen LogP contribution is -2.49. The molecule has 0 unspecified atom stereocenters. The molecule has 14 nitrogen and oxygen atoms in total. The molecule has 0 spiro atoms. The smallest absolute Gasteiger partial charge is 0.377 e. The minimum absolute atomic E-state index is 0.0191. The number of carbonyl (C=O) groups is 1. The second kappa shape index (κ2) is 20.8. The van der Waals surface area contributed by atoms with Crippen molar-refractivity contribution in [3.05, 3.63) is 112 Å². The molecule has 2 aromatic carbocycles. The van der Waals surface area contributed by atoms with Crippen LogP contribution in [0, 0.1) is 5.92 Å². The van der Waals surface area contributed by atoms with E-state index in [1.807, 2.05) is 43.1 Å². The van der Waals surface area contributed by atoms with E-state index in [-0.39, 0.29) is 17.5 Å². The van der Waals surface area contributed by atoms with Gasteiger partial charge in [0.1, 0.15) is 6.34 Å². The molecule has 6 heterocycles. The number of halogens is 3. The van der Waals surface area contributed by atoms with Gasteiger partial charge in [-0.2, -0.15) is 18.3 Å². The van der Waals surface area contributed by atoms with Crippen LogP contribution in [-0.2, 0) is 30.4 Å². The van der Waals surface area contributed by atoms with Crippen molar-refractivity contribution in [1.29, 1.82) is 0 Å². The van der Waals surface area contributed by atoms with E-state index in [2.05, 4.69) is 54.1 Å². The van der Waals surface area contributed by atoms with Gasteiger partial charge in [0.15, 0.2) is 0 Å². The highest BCUT2D eigenvalue weighted by Crippen LogP contribution is 2.34. The van der Waals surface area contributed by atoms with E-state index < -0.39 is 17.4 Å². The van der Waals surface area contributed by atoms with Crippen molar-refractivity contribution in [2.24, 2.45) is 16.1 Å². The molecule has 0 radical (unpaired) electrons. The van der Waals surface area contributed by atoms with Crippen molar-refractivity contribution in [1.82, 2.24) is 39.0 Å². The SMILES string of the molecule is C=N/N=C\N(C)CCc1cccc(-n2cc3c(C(F)(F)F)cc(CN4CCC(OCCN5CCN(CC6CCN(c7ccc8c(c7)CN(NC=CC)C8=O)CC6)CC5)CC4)cn3c2=O)c1. The Balaban J connectivity index is 0.755. The average Bonchev–Trinajstić information content (AvgIpc) is 3.82. The van der Waals surface area contributed by atoms with Gasteiger partial charge >= 0.3 is 11.9 Å². The number of likely N-dealkylation sites (N-methyl/N-ethyl adjacent to an activating group) is 1. The fourth-order valence-corrected chi connectivity index (χ4v) is 9.64. The van der Waals surface area contributed by atoms with Crippen molar-refractivity contribution in [2.75, 3.05) is 90.5 Å². The number of allylic oxidation sites excluding steroid dienone is 1. The molecule has 348 valence electrons. The fraction of sp³-hybridized carbons (Fsp3) is 0.500. The molecule has 0 saturated carbocycles. The maximum absolute atomic E-state index is 14.5. The van der Waals surface area contributed by atoms with Crippen LogP contribution in [0.25, 0.3) is 11.2 Å². The van der Waals surface area contributed by atoms with Gasteiger partial charge in [0.05, 0.1) is 36.0 Å². The molecular weight excluding hydrogens is 836 g/mol. The molecular formula is C48H62F3N11O3. The molecule has 3 fully saturated rings. The lowest BCUT2D eigenvalue weighted by atomic mass is 9.95. The number of ether oxygens (including phenoxy) is 1. The molecule has 65 heavy (non-hydrogen) atoms. The third kappa shape index (κ3) is 11.3. The number of benzene rings is 2. The minimum atomic E-state index is -4.64. The third-order valence-electron chi connectivity index (χ3n) is 13.4. The standard InChI is InChI=1S/C48H62F3N11O3/c1-4-15-54-62-33-39-29-40(8-9-43(39)46(62)63)59-19-11-37(12-20-59)30-58-23-21-56(22-24-58)25-26-65-42-13-17-57(18-14-42)31-38-28-44(48(49,50)51)45-34-60(47(64)61(45)32-38)41-7-5-6-36(27-41)10-16-55(3)35-53-52-2/h4-9,15,27-29,32,34-35,37,42,54H,2,10-14,16-26,30-31,33H2,1,3H3/b15-4?,53-35-. The van der Waals surface area contributed by atoms with E-state index in [9.17, 15) is 22.8 Å². The maximum Gasteiger partial charge on any atom is 0.418 e. The van der Waals surface area contributed by atoms with E-state index in [0.717, 1.165) is 99.1 Å². The van der Waals surface area contributed by atoms with Crippen LogP contribution in [-0.4, -0.2) is 144 Å². The number of amides is 1. The first-order valence-corrected chi connectivity index (χ1v) is 22.9. The van der Waals surface area contributed by atoms with Gasteiger partial charge in [-0.15, -0.1) is 5.10 Å². The van der Waals surface area contributed by atoms with Crippen molar-refractivity contribution >= 4 is 30.2 Å². The van der Waals surface area contributed by atoms with Crippen molar-refractivity contribution in [2.45, 2.75) is 64.4 Å². The highest BCUT2D eigenvalue weighted by Gasteiger charge is 2.35. The first-order chi connectivity index (χ1) is 31.4. The second-order valence-corrected chi connectivity index (χ2v) is 17.9. The number of fused-ring (bicyclic) bond motifs is 2. The Morgan fingerprint density at radius 2 is 1.66 bits per heavy atom. The summed E-state index contributed by atoms with van der Waals surface area (Å²) in [6.45, 7) is 17.1. The number of anilines is 1. The number of piperazine rings is 1. The molecule has 4 aliphatic rings. The number of hydrazine groups is 1. The van der Waals surface area contributed by atoms with Crippen LogP contribution in [0.2, 0.25) is 0 Å². The molecule has 8 rings (SSSR count). The number of piperidine rings is 2. The number of rotatable bonds is 17. The number of imidazole rings is 1. The van der Waals surface area contributed by atoms with Crippen LogP contribution in [0.5, 0.6) is 0 Å². The Labute approximate surface area is 379 Å². The van der Waals surface area contributed by atoms with Gasteiger partial charge in [0.2, 0.25) is 0 Å². The highest BCUT2D eigenvalue weighted by molar-refractivity contribution is 5.98. The first kappa shape index (κ1) is 46.1. The van der Waals surface area contributed by atoms with Gasteiger partial charge in [-0.05, 0) is 98.0 Å². The predicted molar refractivity (Wildman–Crippen MR) is 249 cm³/mol. The summed E-state index contributed by atoms with van der Waals surface area (Å²) in [5.41, 5.74) is 6.46. The fourth-order valence-electron chi connectivity index (χ4n) is 9.64. The molecule has 4 aromatic rings. The van der Waals surface area contributed by atoms with Crippen LogP contribution in [0.15, 0.2) is 88.2 Å². The lowest BCUT2D eigenvalue weighted by molar-refractivity contribution is -0.136. The summed E-state index contributed by atoms with van der Waals surface area (Å²) in [6.07, 6.45) is 8.12. The first-order valence-electron chi connectivity index (χ1n) is 22.9. The van der Waals surface area contributed by atoms with E-state index in [1.54, 1.807) is 35.9 Å². The van der Waals surface area contributed by atoms with Gasteiger partial charge in [-0.25, -0.2) is 9.80 Å². The summed E-state index contributed by atoms with van der Waals surface area (Å²) >= 11 is 0. The van der Waals surface area contributed by atoms with Gasteiger partial charge in [-0.1, -0.05) is 18.2 Å². The topological polar surface area (TPSA) is 109 Å². The van der Waals surface area contributed by atoms with E-state index in [4.69, 9.17) is 4.74 Å². The van der Waals surface area contributed by atoms with Crippen LogP contribution >= 0.6 is 0 Å². The number of likely N-dealkylation sites (tertiary alicyclic amines) is 1. The quantitative estimate of drug-likeness (QED) is 0.0808. The summed E-state index contributed by atoms with van der Waals surface area (Å²) in [6, 6.07) is 14.7. The van der Waals surface area contributed by atoms with Crippen LogP contribution < -0.4 is 16.0 Å². The predicted octanol–water partition coefficient (Wildman–Crippen LogP) is 5.74. The third-order valence-corrected chi connectivity index (χ3v) is 13.4. The second-order valence-electron chi connectivity index (χ2n) is 17.9. The zero-order chi connectivity index (χ0) is 45.5. The maximum atomic E-state index is 14.5. The number of aromatic nitrogens is 2. The number of hydrogen-bond donors (Lipinski definition) is 1. The van der Waals surface area contributed by atoms with Gasteiger partial charge in [0, 0.05) is 122 Å². The van der Waals surface area contributed by atoms with Crippen molar-refractivity contribution < 1.29 is 22.7 Å². The molecule has 4 aliphatic heterocycles. The van der Waals surface area contributed by atoms with Crippen molar-refractivity contribution in [3.63, 3.8) is 0 Å². The average molecular weight is 898 g/mol. The van der Waals surface area contributed by atoms with E-state index in [1.165, 1.54) is 22.5 Å². The minimum Gasteiger partial charge on any atom is -0.377 e. The van der Waals surface area contributed by atoms with Gasteiger partial charge < -0.3 is 24.9 Å². The Hall–Kier alpha value is -5.49. The molecule has 0 atom stereocenters. The van der Waals surface area contributed by atoms with Crippen LogP contribution in [0.3, 0.4) is 0 Å². The Bertz CT molecular complexity index is 2390. The Kier molecular flexibility index (Phi) is 14.7. The lowest BCUT2D eigenvalue weighted by Gasteiger charge is -2.39. The largest absolute Gasteiger partial charge is 0.418 e. The Morgan fingerprint density at radius 3 is 2.40 bits per heavy atom. The molecule has 0 aliphatic carbocycles. The number of nitrogens with one attached hydrogen (secondary N) is 1.